The number of carbonyl (C=O) groups excluding carboxylic acids is 1. The fourth-order valence-corrected chi connectivity index (χ4v) is 2.66. The van der Waals surface area contributed by atoms with E-state index in [2.05, 4.69) is 10.3 Å². The minimum absolute atomic E-state index is 0.167. The third kappa shape index (κ3) is 3.48. The van der Waals surface area contributed by atoms with Crippen molar-refractivity contribution in [2.75, 3.05) is 26.2 Å². The monoisotopic (exact) mass is 277 g/mol. The van der Waals surface area contributed by atoms with Gasteiger partial charge in [0.25, 0.3) is 11.5 Å². The topological polar surface area (TPSA) is 65.2 Å². The lowest BCUT2D eigenvalue weighted by Gasteiger charge is -2.29. The highest BCUT2D eigenvalue weighted by molar-refractivity contribution is 5.93. The number of carbonyl (C=O) groups is 1. The molecule has 1 amide bonds. The molecule has 2 N–H and O–H groups in total. The summed E-state index contributed by atoms with van der Waals surface area (Å²) in [5, 5.41) is 3.36. The number of piperidine rings is 1. The summed E-state index contributed by atoms with van der Waals surface area (Å²) in [6, 6.07) is 3.39. The molecule has 1 aromatic heterocycles. The van der Waals surface area contributed by atoms with Crippen molar-refractivity contribution in [1.29, 1.82) is 0 Å². The molecule has 2 rings (SSSR count). The van der Waals surface area contributed by atoms with Crippen molar-refractivity contribution in [3.8, 4) is 0 Å². The Hall–Kier alpha value is -1.62. The van der Waals surface area contributed by atoms with Crippen LogP contribution in [0, 0.1) is 12.8 Å². The van der Waals surface area contributed by atoms with E-state index in [1.165, 1.54) is 0 Å². The molecule has 1 aliphatic heterocycles. The zero-order chi connectivity index (χ0) is 14.5. The number of aryl methyl sites for hydroxylation is 1. The molecule has 1 aliphatic rings. The Bertz CT molecular complexity index is 518. The third-order valence-corrected chi connectivity index (χ3v) is 3.83. The maximum absolute atomic E-state index is 12.5. The van der Waals surface area contributed by atoms with Crippen molar-refractivity contribution in [3.05, 3.63) is 33.7 Å². The average Bonchev–Trinajstić information content (AvgIpc) is 2.45. The van der Waals surface area contributed by atoms with E-state index in [0.29, 0.717) is 12.5 Å². The van der Waals surface area contributed by atoms with Gasteiger partial charge < -0.3 is 15.2 Å². The third-order valence-electron chi connectivity index (χ3n) is 3.83. The van der Waals surface area contributed by atoms with Crippen LogP contribution < -0.4 is 10.9 Å². The minimum atomic E-state index is -0.296. The van der Waals surface area contributed by atoms with Gasteiger partial charge in [0.2, 0.25) is 0 Å². The van der Waals surface area contributed by atoms with Crippen molar-refractivity contribution in [3.63, 3.8) is 0 Å². The van der Waals surface area contributed by atoms with Gasteiger partial charge in [0.15, 0.2) is 0 Å². The van der Waals surface area contributed by atoms with Gasteiger partial charge in [0.05, 0.1) is 0 Å². The van der Waals surface area contributed by atoms with E-state index in [1.807, 2.05) is 6.92 Å². The van der Waals surface area contributed by atoms with Crippen molar-refractivity contribution < 1.29 is 4.79 Å². The first kappa shape index (κ1) is 14.8. The maximum Gasteiger partial charge on any atom is 0.260 e. The predicted octanol–water partition coefficient (Wildman–Crippen LogP) is 1.15. The van der Waals surface area contributed by atoms with Gasteiger partial charge in [-0.15, -0.1) is 0 Å². The Morgan fingerprint density at radius 2 is 2.25 bits per heavy atom. The summed E-state index contributed by atoms with van der Waals surface area (Å²) in [6.45, 7) is 7.12. The fourth-order valence-electron chi connectivity index (χ4n) is 2.66. The summed E-state index contributed by atoms with van der Waals surface area (Å²) in [4.78, 5) is 28.8. The van der Waals surface area contributed by atoms with Crippen molar-refractivity contribution >= 4 is 5.91 Å². The zero-order valence-corrected chi connectivity index (χ0v) is 12.2. The van der Waals surface area contributed by atoms with E-state index < -0.39 is 0 Å². The number of amides is 1. The van der Waals surface area contributed by atoms with Gasteiger partial charge in [-0.25, -0.2) is 0 Å². The molecule has 2 heterocycles. The highest BCUT2D eigenvalue weighted by atomic mass is 16.2. The summed E-state index contributed by atoms with van der Waals surface area (Å²) >= 11 is 0. The van der Waals surface area contributed by atoms with E-state index in [9.17, 15) is 9.59 Å². The average molecular weight is 277 g/mol. The number of nitrogens with one attached hydrogen (secondary N) is 2. The Balaban J connectivity index is 2.09. The number of rotatable bonds is 4. The quantitative estimate of drug-likeness (QED) is 0.867. The zero-order valence-electron chi connectivity index (χ0n) is 12.2. The number of hydrogen-bond donors (Lipinski definition) is 2. The molecule has 110 valence electrons. The minimum Gasteiger partial charge on any atom is -0.338 e. The van der Waals surface area contributed by atoms with Crippen LogP contribution in [0.4, 0.5) is 0 Å². The Morgan fingerprint density at radius 1 is 1.45 bits per heavy atom. The van der Waals surface area contributed by atoms with Crippen LogP contribution in [-0.2, 0) is 0 Å². The lowest BCUT2D eigenvalue weighted by Crippen LogP contribution is -2.42. The molecule has 5 heteroatoms. The molecule has 5 nitrogen and oxygen atoms in total. The predicted molar refractivity (Wildman–Crippen MR) is 79.0 cm³/mol. The molecule has 0 saturated carbocycles. The number of aromatic amines is 1. The smallest absolute Gasteiger partial charge is 0.260 e. The van der Waals surface area contributed by atoms with E-state index in [1.54, 1.807) is 24.0 Å². The number of hydrogen-bond acceptors (Lipinski definition) is 3. The van der Waals surface area contributed by atoms with E-state index >= 15 is 0 Å². The summed E-state index contributed by atoms with van der Waals surface area (Å²) in [5.74, 6) is 0.316. The summed E-state index contributed by atoms with van der Waals surface area (Å²) in [6.07, 6.45) is 2.29. The molecular formula is C15H23N3O2. The number of aromatic nitrogens is 1. The molecule has 1 aromatic rings. The van der Waals surface area contributed by atoms with Gasteiger partial charge in [0.1, 0.15) is 5.56 Å². The lowest BCUT2D eigenvalue weighted by atomic mass is 9.99. The van der Waals surface area contributed by atoms with E-state index in [0.717, 1.165) is 38.2 Å². The van der Waals surface area contributed by atoms with Gasteiger partial charge in [-0.1, -0.05) is 0 Å². The Morgan fingerprint density at radius 3 is 2.85 bits per heavy atom. The maximum atomic E-state index is 12.5. The van der Waals surface area contributed by atoms with Crippen LogP contribution in [0.25, 0.3) is 0 Å². The number of H-pyrrole nitrogens is 1. The largest absolute Gasteiger partial charge is 0.338 e. The summed E-state index contributed by atoms with van der Waals surface area (Å²) in [5.41, 5.74) is 0.711. The van der Waals surface area contributed by atoms with Crippen LogP contribution in [-0.4, -0.2) is 42.0 Å². The first-order valence-corrected chi connectivity index (χ1v) is 7.31. The summed E-state index contributed by atoms with van der Waals surface area (Å²) < 4.78 is 0. The van der Waals surface area contributed by atoms with Gasteiger partial charge in [-0.05, 0) is 57.8 Å². The van der Waals surface area contributed by atoms with Crippen molar-refractivity contribution in [2.45, 2.75) is 26.7 Å². The highest BCUT2D eigenvalue weighted by Gasteiger charge is 2.22. The van der Waals surface area contributed by atoms with Crippen LogP contribution in [0.15, 0.2) is 16.9 Å². The van der Waals surface area contributed by atoms with Gasteiger partial charge in [-0.2, -0.15) is 0 Å². The molecule has 0 aromatic carbocycles. The first-order valence-electron chi connectivity index (χ1n) is 7.31. The second-order valence-electron chi connectivity index (χ2n) is 5.44. The molecule has 1 fully saturated rings. The van der Waals surface area contributed by atoms with Crippen molar-refractivity contribution in [2.24, 2.45) is 5.92 Å². The standard InChI is InChI=1S/C15H23N3O2/c1-3-18(10-12-5-4-8-16-9-12)15(20)13-7-6-11(2)17-14(13)19/h6-7,12,16H,3-5,8-10H2,1-2H3,(H,17,19). The lowest BCUT2D eigenvalue weighted by molar-refractivity contribution is 0.0727. The number of nitrogens with zero attached hydrogens (tertiary/aromatic N) is 1. The van der Waals surface area contributed by atoms with Gasteiger partial charge in [-0.3, -0.25) is 9.59 Å². The SMILES string of the molecule is CCN(CC1CCCNC1)C(=O)c1ccc(C)[nH]c1=O. The Labute approximate surface area is 119 Å². The van der Waals surface area contributed by atoms with Crippen LogP contribution >= 0.6 is 0 Å². The molecule has 0 aliphatic carbocycles. The van der Waals surface area contributed by atoms with Crippen molar-refractivity contribution in [1.82, 2.24) is 15.2 Å². The molecule has 1 atom stereocenters. The highest BCUT2D eigenvalue weighted by Crippen LogP contribution is 2.13. The van der Waals surface area contributed by atoms with Crippen LogP contribution in [0.1, 0.15) is 35.8 Å². The van der Waals surface area contributed by atoms with Gasteiger partial charge in [0, 0.05) is 18.8 Å². The molecular weight excluding hydrogens is 254 g/mol. The normalized spacial score (nSPS) is 18.8. The molecule has 0 bridgehead atoms. The Kier molecular flexibility index (Phi) is 4.95. The van der Waals surface area contributed by atoms with E-state index in [-0.39, 0.29) is 17.0 Å². The van der Waals surface area contributed by atoms with Gasteiger partial charge >= 0.3 is 0 Å². The molecule has 1 saturated heterocycles. The second kappa shape index (κ2) is 6.70. The fraction of sp³-hybridized carbons (Fsp3) is 0.600. The van der Waals surface area contributed by atoms with E-state index in [4.69, 9.17) is 0 Å². The van der Waals surface area contributed by atoms with Crippen LogP contribution in [0.5, 0.6) is 0 Å². The number of pyridine rings is 1. The molecule has 20 heavy (non-hydrogen) atoms. The molecule has 0 radical (unpaired) electrons. The first-order chi connectivity index (χ1) is 9.61. The summed E-state index contributed by atoms with van der Waals surface area (Å²) in [7, 11) is 0. The van der Waals surface area contributed by atoms with Crippen LogP contribution in [0.3, 0.4) is 0 Å². The second-order valence-corrected chi connectivity index (χ2v) is 5.44. The molecule has 0 spiro atoms. The van der Waals surface area contributed by atoms with Crippen LogP contribution in [0.2, 0.25) is 0 Å². The molecule has 1 unspecified atom stereocenters.